The minimum absolute atomic E-state index is 0.935. The molecule has 2 N–H and O–H groups in total. The fourth-order valence-corrected chi connectivity index (χ4v) is 1.41. The third-order valence-electron chi connectivity index (χ3n) is 1.56. The van der Waals surface area contributed by atoms with Crippen LogP contribution in [0.4, 0.5) is 0 Å². The molecule has 1 heterocycles. The van der Waals surface area contributed by atoms with Gasteiger partial charge < -0.3 is 0 Å². The molecule has 10 heavy (non-hydrogen) atoms. The predicted octanol–water partition coefficient (Wildman–Crippen LogP) is 1.33. The first kappa shape index (κ1) is 7.85. The fraction of sp³-hybridized carbons (Fsp3) is 0.429. The first-order valence-corrected chi connectivity index (χ1v) is 4.13. The summed E-state index contributed by atoms with van der Waals surface area (Å²) in [5.41, 5.74) is 1.28. The zero-order valence-electron chi connectivity index (χ0n) is 5.92. The number of nitrogens with zero attached hydrogens (tertiary/aromatic N) is 1. The van der Waals surface area contributed by atoms with Crippen molar-refractivity contribution in [2.75, 3.05) is 13.1 Å². The van der Waals surface area contributed by atoms with Gasteiger partial charge in [0.2, 0.25) is 0 Å². The molecule has 0 saturated carbocycles. The molecule has 56 valence electrons. The number of nitrogens with two attached hydrogens (primary N) is 1. The summed E-state index contributed by atoms with van der Waals surface area (Å²) in [6.07, 6.45) is 5.19. The lowest BCUT2D eigenvalue weighted by Crippen LogP contribution is -2.24. The third kappa shape index (κ3) is 1.87. The van der Waals surface area contributed by atoms with Gasteiger partial charge in [0, 0.05) is 25.2 Å². The molecule has 1 aliphatic rings. The standard InChI is InChI=1S/C7H12N2S/c1-2-7-4-3-5-9(6-7)10-8/h2,4H,1,3,5-6,8H2. The van der Waals surface area contributed by atoms with E-state index in [1.54, 1.807) is 0 Å². The van der Waals surface area contributed by atoms with Crippen LogP contribution < -0.4 is 5.14 Å². The average Bonchev–Trinajstić information content (AvgIpc) is 2.05. The van der Waals surface area contributed by atoms with Crippen molar-refractivity contribution in [1.29, 1.82) is 0 Å². The van der Waals surface area contributed by atoms with Crippen molar-refractivity contribution in [2.45, 2.75) is 6.42 Å². The Bertz CT molecular complexity index is 154. The number of hydrogen-bond acceptors (Lipinski definition) is 3. The molecule has 0 amide bonds. The molecule has 0 aromatic rings. The summed E-state index contributed by atoms with van der Waals surface area (Å²) in [7, 11) is 0. The lowest BCUT2D eigenvalue weighted by Gasteiger charge is -2.22. The minimum atomic E-state index is 0.935. The average molecular weight is 156 g/mol. The summed E-state index contributed by atoms with van der Waals surface area (Å²) in [6, 6.07) is 0. The first-order chi connectivity index (χ1) is 4.86. The van der Waals surface area contributed by atoms with E-state index in [0.717, 1.165) is 19.5 Å². The summed E-state index contributed by atoms with van der Waals surface area (Å²) < 4.78 is 2.12. The Morgan fingerprint density at radius 2 is 2.60 bits per heavy atom. The fourth-order valence-electron chi connectivity index (χ4n) is 0.979. The highest BCUT2D eigenvalue weighted by molar-refractivity contribution is 7.94. The molecular formula is C7H12N2S. The summed E-state index contributed by atoms with van der Waals surface area (Å²) in [4.78, 5) is 0. The molecule has 0 bridgehead atoms. The summed E-state index contributed by atoms with van der Waals surface area (Å²) in [5.74, 6) is 0. The second-order valence-corrected chi connectivity index (χ2v) is 2.97. The van der Waals surface area contributed by atoms with Gasteiger partial charge in [-0.25, -0.2) is 4.31 Å². The maximum absolute atomic E-state index is 5.40. The van der Waals surface area contributed by atoms with Crippen LogP contribution >= 0.6 is 12.1 Å². The van der Waals surface area contributed by atoms with Gasteiger partial charge in [-0.05, 0) is 12.0 Å². The van der Waals surface area contributed by atoms with Gasteiger partial charge in [0.05, 0.1) is 0 Å². The SMILES string of the molecule is C=CC1=CCCN(SN)C1. The molecule has 3 heteroatoms. The van der Waals surface area contributed by atoms with Crippen LogP contribution in [-0.2, 0) is 0 Å². The van der Waals surface area contributed by atoms with Crippen LogP contribution in [0.15, 0.2) is 24.3 Å². The number of hydrogen-bond donors (Lipinski definition) is 1. The largest absolute Gasteiger partial charge is 0.264 e. The molecule has 0 spiro atoms. The van der Waals surface area contributed by atoms with E-state index >= 15 is 0 Å². The number of rotatable bonds is 2. The van der Waals surface area contributed by atoms with Gasteiger partial charge in [0.25, 0.3) is 0 Å². The van der Waals surface area contributed by atoms with Crippen molar-refractivity contribution >= 4 is 12.1 Å². The molecule has 1 aliphatic heterocycles. The summed E-state index contributed by atoms with van der Waals surface area (Å²) in [5, 5.41) is 5.40. The van der Waals surface area contributed by atoms with Crippen molar-refractivity contribution in [3.8, 4) is 0 Å². The summed E-state index contributed by atoms with van der Waals surface area (Å²) >= 11 is 1.31. The van der Waals surface area contributed by atoms with Gasteiger partial charge in [-0.3, -0.25) is 5.14 Å². The highest BCUT2D eigenvalue weighted by Crippen LogP contribution is 2.14. The first-order valence-electron chi connectivity index (χ1n) is 3.30. The molecule has 0 aromatic heterocycles. The molecule has 0 aliphatic carbocycles. The Balaban J connectivity index is 2.48. The Kier molecular flexibility index (Phi) is 2.99. The van der Waals surface area contributed by atoms with Gasteiger partial charge in [-0.1, -0.05) is 18.7 Å². The van der Waals surface area contributed by atoms with Crippen LogP contribution in [-0.4, -0.2) is 17.4 Å². The highest BCUT2D eigenvalue weighted by atomic mass is 32.2. The Morgan fingerprint density at radius 1 is 1.80 bits per heavy atom. The lowest BCUT2D eigenvalue weighted by molar-refractivity contribution is 0.500. The zero-order chi connectivity index (χ0) is 7.40. The van der Waals surface area contributed by atoms with E-state index in [1.807, 2.05) is 6.08 Å². The molecule has 0 fully saturated rings. The van der Waals surface area contributed by atoms with Gasteiger partial charge >= 0.3 is 0 Å². The molecular weight excluding hydrogens is 144 g/mol. The smallest absolute Gasteiger partial charge is 0.0349 e. The molecule has 0 aromatic carbocycles. The van der Waals surface area contributed by atoms with Gasteiger partial charge in [0.1, 0.15) is 0 Å². The molecule has 0 radical (unpaired) electrons. The van der Waals surface area contributed by atoms with Crippen molar-refractivity contribution < 1.29 is 0 Å². The van der Waals surface area contributed by atoms with Crippen molar-refractivity contribution in [3.63, 3.8) is 0 Å². The van der Waals surface area contributed by atoms with Crippen LogP contribution in [0.5, 0.6) is 0 Å². The van der Waals surface area contributed by atoms with E-state index in [2.05, 4.69) is 17.0 Å². The van der Waals surface area contributed by atoms with E-state index in [4.69, 9.17) is 5.14 Å². The minimum Gasteiger partial charge on any atom is -0.264 e. The van der Waals surface area contributed by atoms with Crippen LogP contribution in [0.3, 0.4) is 0 Å². The van der Waals surface area contributed by atoms with E-state index in [9.17, 15) is 0 Å². The van der Waals surface area contributed by atoms with Gasteiger partial charge in [-0.15, -0.1) is 0 Å². The van der Waals surface area contributed by atoms with Crippen LogP contribution in [0.25, 0.3) is 0 Å². The van der Waals surface area contributed by atoms with Crippen LogP contribution in [0.2, 0.25) is 0 Å². The quantitative estimate of drug-likeness (QED) is 0.611. The van der Waals surface area contributed by atoms with E-state index in [-0.39, 0.29) is 0 Å². The van der Waals surface area contributed by atoms with Crippen molar-refractivity contribution in [1.82, 2.24) is 4.31 Å². The molecule has 0 unspecified atom stereocenters. The Labute approximate surface area is 66.0 Å². The monoisotopic (exact) mass is 156 g/mol. The van der Waals surface area contributed by atoms with Gasteiger partial charge in [-0.2, -0.15) is 0 Å². The third-order valence-corrected chi connectivity index (χ3v) is 2.17. The van der Waals surface area contributed by atoms with Crippen molar-refractivity contribution in [2.24, 2.45) is 5.14 Å². The van der Waals surface area contributed by atoms with Crippen LogP contribution in [0, 0.1) is 0 Å². The van der Waals surface area contributed by atoms with Gasteiger partial charge in [0.15, 0.2) is 0 Å². The molecule has 1 rings (SSSR count). The van der Waals surface area contributed by atoms with Crippen molar-refractivity contribution in [3.05, 3.63) is 24.3 Å². The highest BCUT2D eigenvalue weighted by Gasteiger charge is 2.08. The van der Waals surface area contributed by atoms with E-state index in [0.29, 0.717) is 0 Å². The maximum Gasteiger partial charge on any atom is 0.0349 e. The van der Waals surface area contributed by atoms with E-state index in [1.165, 1.54) is 17.7 Å². The normalized spacial score (nSPS) is 20.3. The summed E-state index contributed by atoms with van der Waals surface area (Å²) in [6.45, 7) is 5.70. The second kappa shape index (κ2) is 3.81. The Morgan fingerprint density at radius 3 is 3.20 bits per heavy atom. The van der Waals surface area contributed by atoms with E-state index < -0.39 is 0 Å². The van der Waals surface area contributed by atoms with Crippen LogP contribution in [0.1, 0.15) is 6.42 Å². The maximum atomic E-state index is 5.40. The Hall–Kier alpha value is -0.250. The second-order valence-electron chi connectivity index (χ2n) is 2.24. The lowest BCUT2D eigenvalue weighted by atomic mass is 10.1. The predicted molar refractivity (Wildman–Crippen MR) is 46.2 cm³/mol. The molecule has 0 saturated heterocycles. The topological polar surface area (TPSA) is 29.3 Å². The zero-order valence-corrected chi connectivity index (χ0v) is 6.73. The molecule has 2 nitrogen and oxygen atoms in total. The molecule has 0 atom stereocenters.